The number of carbonyl (C=O) groups excluding carboxylic acids is 2. The fraction of sp³-hybridized carbons (Fsp3) is 0.227. The molecule has 0 spiro atoms. The topological polar surface area (TPSA) is 114 Å². The highest BCUT2D eigenvalue weighted by Gasteiger charge is 2.35. The van der Waals surface area contributed by atoms with Gasteiger partial charge in [-0.2, -0.15) is 5.10 Å². The number of halogens is 2. The third kappa shape index (κ3) is 4.53. The Kier molecular flexibility index (Phi) is 7.28. The van der Waals surface area contributed by atoms with Gasteiger partial charge in [-0.25, -0.2) is 9.80 Å². The van der Waals surface area contributed by atoms with Gasteiger partial charge >= 0.3 is 6.03 Å². The number of likely N-dealkylation sites (N-methyl/N-ethyl adjacent to an activating group) is 1. The summed E-state index contributed by atoms with van der Waals surface area (Å²) in [6, 6.07) is 11.5. The van der Waals surface area contributed by atoms with Crippen LogP contribution in [0.15, 0.2) is 42.5 Å². The lowest BCUT2D eigenvalue weighted by Crippen LogP contribution is -2.53. The number of H-pyrrole nitrogens is 1. The fourth-order valence-corrected chi connectivity index (χ4v) is 4.03. The number of phenols is 1. The van der Waals surface area contributed by atoms with Gasteiger partial charge in [-0.3, -0.25) is 15.3 Å². The summed E-state index contributed by atoms with van der Waals surface area (Å²) in [7, 11) is 2.05. The summed E-state index contributed by atoms with van der Waals surface area (Å²) in [6.07, 6.45) is 0. The van der Waals surface area contributed by atoms with Gasteiger partial charge < -0.3 is 15.3 Å². The van der Waals surface area contributed by atoms with Crippen LogP contribution in [0.2, 0.25) is 0 Å². The van der Waals surface area contributed by atoms with Crippen LogP contribution in [0.1, 0.15) is 15.9 Å². The maximum Gasteiger partial charge on any atom is 0.333 e. The van der Waals surface area contributed by atoms with Crippen molar-refractivity contribution in [1.82, 2.24) is 25.5 Å². The molecule has 2 heterocycles. The zero-order valence-corrected chi connectivity index (χ0v) is 19.4. The molecule has 11 heteroatoms. The summed E-state index contributed by atoms with van der Waals surface area (Å²) in [5.74, 6) is -0.0549. The number of hydrogen-bond acceptors (Lipinski definition) is 6. The standard InChI is InChI=1S/C22H22N6O3.2ClH/c1-27-9-11-28(12-10-27)26-22(31)23-16-4-2-3-15-17(16)21(30)18-19(24-25-20(15)18)13-5-7-14(29)8-6-13;;/h2-8,29H,9-12H2,1H3,(H,24,25)(H2,23,26,31);2*1H. The average molecular weight is 491 g/mol. The van der Waals surface area contributed by atoms with Gasteiger partial charge in [0.15, 0.2) is 5.78 Å². The molecule has 2 aromatic carbocycles. The van der Waals surface area contributed by atoms with Crippen LogP contribution in [0.3, 0.4) is 0 Å². The molecule has 2 aliphatic rings. The molecule has 1 aliphatic carbocycles. The predicted molar refractivity (Wildman–Crippen MR) is 130 cm³/mol. The second-order valence-electron chi connectivity index (χ2n) is 7.78. The number of hydrazine groups is 1. The van der Waals surface area contributed by atoms with Gasteiger partial charge in [0.1, 0.15) is 11.4 Å². The van der Waals surface area contributed by atoms with Crippen molar-refractivity contribution < 1.29 is 14.7 Å². The number of aromatic nitrogens is 2. The van der Waals surface area contributed by atoms with Crippen molar-refractivity contribution in [3.8, 4) is 28.3 Å². The van der Waals surface area contributed by atoms with E-state index in [2.05, 4.69) is 25.8 Å². The van der Waals surface area contributed by atoms with Crippen molar-refractivity contribution in [2.24, 2.45) is 0 Å². The van der Waals surface area contributed by atoms with Crippen molar-refractivity contribution >= 4 is 42.3 Å². The molecule has 0 saturated carbocycles. The second-order valence-corrected chi connectivity index (χ2v) is 7.78. The Labute approximate surface area is 202 Å². The number of ketones is 1. The normalized spacial score (nSPS) is 15.1. The summed E-state index contributed by atoms with van der Waals surface area (Å²) in [4.78, 5) is 28.1. The number of fused-ring (bicyclic) bond motifs is 3. The monoisotopic (exact) mass is 490 g/mol. The van der Waals surface area contributed by atoms with Crippen LogP contribution >= 0.6 is 24.8 Å². The molecule has 174 valence electrons. The minimum Gasteiger partial charge on any atom is -0.508 e. The number of benzene rings is 2. The largest absolute Gasteiger partial charge is 0.508 e. The molecule has 1 saturated heterocycles. The molecule has 5 rings (SSSR count). The Hall–Kier alpha value is -3.11. The van der Waals surface area contributed by atoms with Crippen LogP contribution in [0.25, 0.3) is 22.5 Å². The van der Waals surface area contributed by atoms with Crippen LogP contribution in [-0.2, 0) is 0 Å². The lowest BCUT2D eigenvalue weighted by atomic mass is 10.0. The molecule has 1 aliphatic heterocycles. The van der Waals surface area contributed by atoms with E-state index in [4.69, 9.17) is 0 Å². The molecular weight excluding hydrogens is 467 g/mol. The fourth-order valence-electron chi connectivity index (χ4n) is 4.03. The quantitative estimate of drug-likeness (QED) is 0.350. The Morgan fingerprint density at radius 2 is 1.73 bits per heavy atom. The number of hydrogen-bond donors (Lipinski definition) is 4. The van der Waals surface area contributed by atoms with Crippen LogP contribution in [0.5, 0.6) is 5.75 Å². The molecular formula is C22H24Cl2N6O3. The van der Waals surface area contributed by atoms with E-state index in [9.17, 15) is 14.7 Å². The maximum absolute atomic E-state index is 13.3. The van der Waals surface area contributed by atoms with E-state index >= 15 is 0 Å². The van der Waals surface area contributed by atoms with Gasteiger partial charge in [-0.1, -0.05) is 12.1 Å². The van der Waals surface area contributed by atoms with Gasteiger partial charge in [-0.15, -0.1) is 24.8 Å². The highest BCUT2D eigenvalue weighted by molar-refractivity contribution is 6.26. The number of phenolic OH excluding ortho intramolecular Hbond substituents is 1. The van der Waals surface area contributed by atoms with E-state index in [0.29, 0.717) is 33.8 Å². The highest BCUT2D eigenvalue weighted by atomic mass is 35.5. The van der Waals surface area contributed by atoms with E-state index in [0.717, 1.165) is 31.7 Å². The number of amides is 2. The predicted octanol–water partition coefficient (Wildman–Crippen LogP) is 3.12. The van der Waals surface area contributed by atoms with Crippen molar-refractivity contribution in [3.05, 3.63) is 53.6 Å². The first kappa shape index (κ1) is 24.5. The Morgan fingerprint density at radius 1 is 1.03 bits per heavy atom. The zero-order chi connectivity index (χ0) is 21.5. The van der Waals surface area contributed by atoms with Crippen molar-refractivity contribution in [1.29, 1.82) is 0 Å². The number of piperazine rings is 1. The first-order valence-electron chi connectivity index (χ1n) is 10.1. The highest BCUT2D eigenvalue weighted by Crippen LogP contribution is 2.42. The first-order valence-corrected chi connectivity index (χ1v) is 10.1. The molecule has 3 aromatic rings. The molecule has 9 nitrogen and oxygen atoms in total. The summed E-state index contributed by atoms with van der Waals surface area (Å²) in [5.41, 5.74) is 6.79. The SMILES string of the molecule is CN1CCN(NC(=O)Nc2cccc3c2C(=O)c2c(-c4ccc(O)cc4)n[nH]c2-3)CC1.Cl.Cl. The number of nitrogens with zero attached hydrogens (tertiary/aromatic N) is 3. The summed E-state index contributed by atoms with van der Waals surface area (Å²) >= 11 is 0. The summed E-state index contributed by atoms with van der Waals surface area (Å²) < 4.78 is 0. The van der Waals surface area contributed by atoms with Crippen LogP contribution in [0.4, 0.5) is 10.5 Å². The minimum absolute atomic E-state index is 0. The summed E-state index contributed by atoms with van der Waals surface area (Å²) in [5, 5.41) is 21.5. The van der Waals surface area contributed by atoms with Gasteiger partial charge in [-0.05, 0) is 37.4 Å². The number of urea groups is 1. The number of nitrogens with one attached hydrogen (secondary N) is 3. The molecule has 4 N–H and O–H groups in total. The van der Waals surface area contributed by atoms with Crippen molar-refractivity contribution in [2.45, 2.75) is 0 Å². The van der Waals surface area contributed by atoms with E-state index in [1.54, 1.807) is 36.4 Å². The smallest absolute Gasteiger partial charge is 0.333 e. The van der Waals surface area contributed by atoms with Gasteiger partial charge in [0.2, 0.25) is 0 Å². The Morgan fingerprint density at radius 3 is 2.42 bits per heavy atom. The number of anilines is 1. The van der Waals surface area contributed by atoms with E-state index in [1.807, 2.05) is 18.1 Å². The van der Waals surface area contributed by atoms with Crippen LogP contribution in [-0.4, -0.2) is 70.3 Å². The van der Waals surface area contributed by atoms with Gasteiger partial charge in [0.05, 0.1) is 22.5 Å². The zero-order valence-electron chi connectivity index (χ0n) is 17.8. The second kappa shape index (κ2) is 9.80. The van der Waals surface area contributed by atoms with Crippen LogP contribution in [0, 0.1) is 0 Å². The molecule has 2 amide bonds. The van der Waals surface area contributed by atoms with Gasteiger partial charge in [0.25, 0.3) is 0 Å². The van der Waals surface area contributed by atoms with E-state index in [1.165, 1.54) is 0 Å². The lowest BCUT2D eigenvalue weighted by Gasteiger charge is -2.32. The number of carbonyl (C=O) groups is 2. The molecule has 0 unspecified atom stereocenters. The van der Waals surface area contributed by atoms with Crippen LogP contribution < -0.4 is 10.7 Å². The van der Waals surface area contributed by atoms with Gasteiger partial charge in [0, 0.05) is 37.3 Å². The van der Waals surface area contributed by atoms with E-state index < -0.39 is 0 Å². The Bertz CT molecular complexity index is 1170. The number of aromatic amines is 1. The third-order valence-corrected chi connectivity index (χ3v) is 5.71. The lowest BCUT2D eigenvalue weighted by molar-refractivity contribution is 0.104. The van der Waals surface area contributed by atoms with E-state index in [-0.39, 0.29) is 42.4 Å². The minimum atomic E-state index is -0.377. The molecule has 0 atom stereocenters. The number of aromatic hydroxyl groups is 1. The average Bonchev–Trinajstić information content (AvgIpc) is 3.31. The summed E-state index contributed by atoms with van der Waals surface area (Å²) in [6.45, 7) is 3.23. The molecule has 0 radical (unpaired) electrons. The number of rotatable bonds is 3. The molecule has 0 bridgehead atoms. The Balaban J connectivity index is 0.00000153. The molecule has 1 aromatic heterocycles. The first-order chi connectivity index (χ1) is 15.0. The van der Waals surface area contributed by atoms with Crippen molar-refractivity contribution in [3.63, 3.8) is 0 Å². The molecule has 1 fully saturated rings. The third-order valence-electron chi connectivity index (χ3n) is 5.71. The van der Waals surface area contributed by atoms with Crippen molar-refractivity contribution in [2.75, 3.05) is 38.5 Å². The maximum atomic E-state index is 13.3. The molecule has 33 heavy (non-hydrogen) atoms.